The zero-order chi connectivity index (χ0) is 26.0. The Morgan fingerprint density at radius 3 is 2.56 bits per heavy atom. The van der Waals surface area contributed by atoms with E-state index in [0.717, 1.165) is 0 Å². The topological polar surface area (TPSA) is 90.4 Å². The van der Waals surface area contributed by atoms with Gasteiger partial charge in [-0.05, 0) is 56.3 Å². The number of hydrogen-bond donors (Lipinski definition) is 1. The predicted molar refractivity (Wildman–Crippen MR) is 128 cm³/mol. The molecule has 1 aromatic carbocycles. The van der Waals surface area contributed by atoms with Crippen LogP contribution in [0.3, 0.4) is 0 Å². The van der Waals surface area contributed by atoms with Crippen LogP contribution >= 0.6 is 0 Å². The minimum atomic E-state index is -4.66. The van der Waals surface area contributed by atoms with Crippen molar-refractivity contribution in [3.63, 3.8) is 0 Å². The average molecular weight is 502 g/mol. The minimum absolute atomic E-state index is 0.0254. The Morgan fingerprint density at radius 1 is 1.19 bits per heavy atom. The fraction of sp³-hybridized carbons (Fsp3) is 0.346. The summed E-state index contributed by atoms with van der Waals surface area (Å²) < 4.78 is 54.5. The molecule has 4 aromatic rings. The first-order chi connectivity index (χ1) is 17.2. The molecule has 1 unspecified atom stereocenters. The molecule has 1 N–H and O–H groups in total. The molecular formula is C26H26F3N3O4. The predicted octanol–water partition coefficient (Wildman–Crippen LogP) is 5.14. The lowest BCUT2D eigenvalue weighted by atomic mass is 9.92. The van der Waals surface area contributed by atoms with E-state index in [4.69, 9.17) is 9.26 Å². The first-order valence-electron chi connectivity index (χ1n) is 11.4. The highest BCUT2D eigenvalue weighted by molar-refractivity contribution is 5.90. The molecule has 7 nitrogen and oxygen atoms in total. The van der Waals surface area contributed by atoms with Gasteiger partial charge in [-0.1, -0.05) is 11.2 Å². The fourth-order valence-corrected chi connectivity index (χ4v) is 4.51. The summed E-state index contributed by atoms with van der Waals surface area (Å²) in [5, 5.41) is 13.6. The normalized spacial score (nSPS) is 12.8. The highest BCUT2D eigenvalue weighted by Gasteiger charge is 2.42. The van der Waals surface area contributed by atoms with Crippen LogP contribution in [0.25, 0.3) is 22.0 Å². The van der Waals surface area contributed by atoms with E-state index in [9.17, 15) is 23.1 Å². The first kappa shape index (κ1) is 25.4. The molecule has 1 atom stereocenters. The lowest BCUT2D eigenvalue weighted by Crippen LogP contribution is -2.32. The van der Waals surface area contributed by atoms with Crippen LogP contribution in [0.5, 0.6) is 5.75 Å². The van der Waals surface area contributed by atoms with Gasteiger partial charge in [-0.2, -0.15) is 13.2 Å². The number of ether oxygens (including phenoxy) is 1. The van der Waals surface area contributed by atoms with Crippen LogP contribution in [0.1, 0.15) is 41.5 Å². The Hall–Kier alpha value is -3.66. The van der Waals surface area contributed by atoms with Gasteiger partial charge in [0.15, 0.2) is 0 Å². The number of aliphatic hydroxyl groups is 1. The van der Waals surface area contributed by atoms with Gasteiger partial charge < -0.3 is 18.9 Å². The SMILES string of the molecule is COc1cc2c(cc1-c1c(C)noc1C)cc(C(CCCO)C(F)(F)F)c(=O)n2Cc1ccccn1. The van der Waals surface area contributed by atoms with E-state index in [1.54, 1.807) is 50.4 Å². The van der Waals surface area contributed by atoms with Crippen molar-refractivity contribution in [1.82, 2.24) is 14.7 Å². The number of benzene rings is 1. The number of rotatable bonds is 8. The molecule has 0 amide bonds. The number of aryl methyl sites for hydroxylation is 2. The van der Waals surface area contributed by atoms with Crippen LogP contribution in [0.15, 0.2) is 51.9 Å². The highest BCUT2D eigenvalue weighted by atomic mass is 19.4. The van der Waals surface area contributed by atoms with E-state index in [0.29, 0.717) is 44.9 Å². The van der Waals surface area contributed by atoms with Crippen molar-refractivity contribution in [1.29, 1.82) is 0 Å². The summed E-state index contributed by atoms with van der Waals surface area (Å²) in [5.74, 6) is -1.07. The summed E-state index contributed by atoms with van der Waals surface area (Å²) >= 11 is 0. The third-order valence-electron chi connectivity index (χ3n) is 6.21. The van der Waals surface area contributed by atoms with E-state index in [1.807, 2.05) is 0 Å². The molecule has 0 spiro atoms. The molecule has 10 heteroatoms. The monoisotopic (exact) mass is 501 g/mol. The number of aliphatic hydroxyl groups excluding tert-OH is 1. The van der Waals surface area contributed by atoms with Gasteiger partial charge in [-0.15, -0.1) is 0 Å². The van der Waals surface area contributed by atoms with Crippen molar-refractivity contribution in [3.05, 3.63) is 75.7 Å². The number of halogens is 3. The summed E-state index contributed by atoms with van der Waals surface area (Å²) in [6.07, 6.45) is -3.60. The fourth-order valence-electron chi connectivity index (χ4n) is 4.51. The van der Waals surface area contributed by atoms with Crippen LogP contribution in [0, 0.1) is 13.8 Å². The molecule has 0 saturated heterocycles. The quantitative estimate of drug-likeness (QED) is 0.359. The molecule has 0 aliphatic heterocycles. The number of aromatic nitrogens is 3. The van der Waals surface area contributed by atoms with E-state index < -0.39 is 30.7 Å². The Kier molecular flexibility index (Phi) is 7.16. The molecule has 0 radical (unpaired) electrons. The average Bonchev–Trinajstić information content (AvgIpc) is 3.18. The molecule has 36 heavy (non-hydrogen) atoms. The summed E-state index contributed by atoms with van der Waals surface area (Å²) in [6, 6.07) is 9.79. The lowest BCUT2D eigenvalue weighted by Gasteiger charge is -2.22. The summed E-state index contributed by atoms with van der Waals surface area (Å²) in [4.78, 5) is 17.8. The molecular weight excluding hydrogens is 475 g/mol. The summed E-state index contributed by atoms with van der Waals surface area (Å²) in [5.41, 5.74) is 1.65. The van der Waals surface area contributed by atoms with Crippen molar-refractivity contribution in [3.8, 4) is 16.9 Å². The van der Waals surface area contributed by atoms with Crippen LogP contribution in [0.2, 0.25) is 0 Å². The van der Waals surface area contributed by atoms with Crippen LogP contribution in [-0.2, 0) is 6.54 Å². The third-order valence-corrected chi connectivity index (χ3v) is 6.21. The van der Waals surface area contributed by atoms with Gasteiger partial charge in [0.1, 0.15) is 11.5 Å². The number of pyridine rings is 2. The lowest BCUT2D eigenvalue weighted by molar-refractivity contribution is -0.152. The van der Waals surface area contributed by atoms with Crippen molar-refractivity contribution >= 4 is 10.9 Å². The second-order valence-corrected chi connectivity index (χ2v) is 8.58. The maximum absolute atomic E-state index is 14.1. The molecule has 3 aromatic heterocycles. The van der Waals surface area contributed by atoms with Crippen LogP contribution in [-0.4, -0.2) is 39.7 Å². The van der Waals surface area contributed by atoms with Gasteiger partial charge in [-0.25, -0.2) is 0 Å². The largest absolute Gasteiger partial charge is 0.496 e. The smallest absolute Gasteiger partial charge is 0.395 e. The number of methoxy groups -OCH3 is 1. The first-order valence-corrected chi connectivity index (χ1v) is 11.4. The number of alkyl halides is 3. The number of hydrogen-bond acceptors (Lipinski definition) is 6. The standard InChI is InChI=1S/C26H26F3N3O4/c1-15-24(16(2)36-31-15)20-12-17-11-19(21(8-6-10-33)26(27,28)29)25(34)32(22(17)13-23(20)35-3)14-18-7-4-5-9-30-18/h4-5,7,9,11-13,21,33H,6,8,10,14H2,1-3H3. The summed E-state index contributed by atoms with van der Waals surface area (Å²) in [7, 11) is 1.48. The molecule has 0 fully saturated rings. The third kappa shape index (κ3) is 4.86. The van der Waals surface area contributed by atoms with Gasteiger partial charge in [0.2, 0.25) is 0 Å². The zero-order valence-corrected chi connectivity index (χ0v) is 20.1. The second-order valence-electron chi connectivity index (χ2n) is 8.58. The van der Waals surface area contributed by atoms with Crippen molar-refractivity contribution in [2.45, 2.75) is 45.3 Å². The number of fused-ring (bicyclic) bond motifs is 1. The molecule has 3 heterocycles. The van der Waals surface area contributed by atoms with E-state index in [-0.39, 0.29) is 18.5 Å². The Morgan fingerprint density at radius 2 is 1.97 bits per heavy atom. The number of nitrogens with zero attached hydrogens (tertiary/aromatic N) is 3. The van der Waals surface area contributed by atoms with Crippen LogP contribution in [0.4, 0.5) is 13.2 Å². The molecule has 0 aliphatic rings. The highest BCUT2D eigenvalue weighted by Crippen LogP contribution is 2.40. The van der Waals surface area contributed by atoms with E-state index in [1.165, 1.54) is 17.7 Å². The van der Waals surface area contributed by atoms with Crippen LogP contribution < -0.4 is 10.3 Å². The van der Waals surface area contributed by atoms with Gasteiger partial charge in [0.05, 0.1) is 42.0 Å². The maximum atomic E-state index is 14.1. The molecule has 190 valence electrons. The Balaban J connectivity index is 2.04. The molecule has 0 saturated carbocycles. The maximum Gasteiger partial charge on any atom is 0.395 e. The summed E-state index contributed by atoms with van der Waals surface area (Å²) in [6.45, 7) is 3.07. The van der Waals surface area contributed by atoms with Crippen molar-refractivity contribution < 1.29 is 27.5 Å². The Bertz CT molecular complexity index is 1410. The second kappa shape index (κ2) is 10.1. The van der Waals surface area contributed by atoms with Crippen molar-refractivity contribution in [2.24, 2.45) is 0 Å². The Labute approximate surface area is 205 Å². The zero-order valence-electron chi connectivity index (χ0n) is 20.1. The molecule has 0 aliphatic carbocycles. The van der Waals surface area contributed by atoms with Crippen molar-refractivity contribution in [2.75, 3.05) is 13.7 Å². The van der Waals surface area contributed by atoms with E-state index >= 15 is 0 Å². The minimum Gasteiger partial charge on any atom is -0.496 e. The molecule has 0 bridgehead atoms. The molecule has 4 rings (SSSR count). The van der Waals surface area contributed by atoms with E-state index in [2.05, 4.69) is 10.1 Å². The van der Waals surface area contributed by atoms with Gasteiger partial charge >= 0.3 is 6.18 Å². The van der Waals surface area contributed by atoms with Gasteiger partial charge in [0.25, 0.3) is 5.56 Å². The van der Waals surface area contributed by atoms with Gasteiger partial charge in [0, 0.05) is 30.0 Å². The van der Waals surface area contributed by atoms with Gasteiger partial charge in [-0.3, -0.25) is 9.78 Å².